The molecule has 226 valence electrons. The quantitative estimate of drug-likeness (QED) is 0.273. The SMILES string of the molecule is CC1(C)CC[C@]2(C(=O)OCc3ccccc3)CC[C@]3(C)C(=CC[C@@H]4[C@@]5(C)Cc6cnoc6C(C)(C)[C@@H]5CC[C@]43C)[C@@H]2C1. The smallest absolute Gasteiger partial charge is 0.313 e. The maximum atomic E-state index is 14.2. The molecular formula is C38H51NO3. The van der Waals surface area contributed by atoms with Gasteiger partial charge in [-0.1, -0.05) is 95.6 Å². The number of ether oxygens (including phenoxy) is 1. The first-order valence-electron chi connectivity index (χ1n) is 16.6. The third-order valence-corrected chi connectivity index (χ3v) is 14.2. The first-order valence-corrected chi connectivity index (χ1v) is 16.6. The van der Waals surface area contributed by atoms with Gasteiger partial charge in [-0.15, -0.1) is 0 Å². The number of benzene rings is 1. The zero-order valence-electron chi connectivity index (χ0n) is 27.0. The Kier molecular flexibility index (Phi) is 6.14. The Morgan fingerprint density at radius 2 is 1.69 bits per heavy atom. The fourth-order valence-corrected chi connectivity index (χ4v) is 11.8. The van der Waals surface area contributed by atoms with Crippen LogP contribution in [0, 0.1) is 44.8 Å². The summed E-state index contributed by atoms with van der Waals surface area (Å²) in [5.74, 6) is 2.60. The minimum Gasteiger partial charge on any atom is -0.460 e. The van der Waals surface area contributed by atoms with Crippen LogP contribution in [-0.4, -0.2) is 11.1 Å². The highest BCUT2D eigenvalue weighted by molar-refractivity contribution is 5.79. The number of carbonyl (C=O) groups is 1. The molecule has 3 saturated carbocycles. The summed E-state index contributed by atoms with van der Waals surface area (Å²) in [7, 11) is 0. The van der Waals surface area contributed by atoms with Crippen molar-refractivity contribution in [2.45, 2.75) is 118 Å². The van der Waals surface area contributed by atoms with Crippen LogP contribution >= 0.6 is 0 Å². The predicted molar refractivity (Wildman–Crippen MR) is 165 cm³/mol. The molecule has 0 unspecified atom stereocenters. The van der Waals surface area contributed by atoms with E-state index in [1.54, 1.807) is 5.57 Å². The van der Waals surface area contributed by atoms with Crippen LogP contribution < -0.4 is 0 Å². The molecule has 0 aliphatic heterocycles. The zero-order valence-corrected chi connectivity index (χ0v) is 27.0. The molecule has 5 aliphatic carbocycles. The van der Waals surface area contributed by atoms with Gasteiger partial charge in [-0.05, 0) is 103 Å². The van der Waals surface area contributed by atoms with E-state index in [-0.39, 0.29) is 39.0 Å². The molecule has 7 atom stereocenters. The number of aromatic nitrogens is 1. The molecule has 0 bridgehead atoms. The summed E-state index contributed by atoms with van der Waals surface area (Å²) in [6.07, 6.45) is 14.4. The van der Waals surface area contributed by atoms with Crippen molar-refractivity contribution in [1.82, 2.24) is 5.16 Å². The number of rotatable bonds is 3. The molecule has 1 aromatic heterocycles. The summed E-state index contributed by atoms with van der Waals surface area (Å²) in [6.45, 7) is 17.8. The molecule has 1 heterocycles. The minimum absolute atomic E-state index is 0.0112. The van der Waals surface area contributed by atoms with Crippen molar-refractivity contribution in [3.63, 3.8) is 0 Å². The Morgan fingerprint density at radius 1 is 0.952 bits per heavy atom. The third-order valence-electron chi connectivity index (χ3n) is 14.2. The summed E-state index contributed by atoms with van der Waals surface area (Å²) in [5, 5.41) is 4.28. The average Bonchev–Trinajstić information content (AvgIpc) is 3.41. The van der Waals surface area contributed by atoms with E-state index in [9.17, 15) is 4.79 Å². The van der Waals surface area contributed by atoms with E-state index in [2.05, 4.69) is 71.8 Å². The molecule has 4 heteroatoms. The van der Waals surface area contributed by atoms with Gasteiger partial charge in [-0.3, -0.25) is 4.79 Å². The Morgan fingerprint density at radius 3 is 2.45 bits per heavy atom. The van der Waals surface area contributed by atoms with E-state index in [4.69, 9.17) is 9.26 Å². The molecule has 2 aromatic rings. The molecule has 0 amide bonds. The second-order valence-electron chi connectivity index (χ2n) is 17.0. The van der Waals surface area contributed by atoms with Crippen LogP contribution in [0.3, 0.4) is 0 Å². The lowest BCUT2D eigenvalue weighted by Crippen LogP contribution is -2.64. The molecule has 0 radical (unpaired) electrons. The Bertz CT molecular complexity index is 1420. The van der Waals surface area contributed by atoms with Crippen molar-refractivity contribution < 1.29 is 14.1 Å². The summed E-state index contributed by atoms with van der Waals surface area (Å²) in [5.41, 5.74) is 4.27. The van der Waals surface area contributed by atoms with Crippen LogP contribution in [0.1, 0.15) is 117 Å². The minimum atomic E-state index is -0.399. The summed E-state index contributed by atoms with van der Waals surface area (Å²) in [4.78, 5) is 14.2. The van der Waals surface area contributed by atoms with Crippen LogP contribution in [0.5, 0.6) is 0 Å². The van der Waals surface area contributed by atoms with E-state index in [0.29, 0.717) is 18.4 Å². The number of allylic oxidation sites excluding steroid dienone is 2. The number of carbonyl (C=O) groups excluding carboxylic acids is 1. The van der Waals surface area contributed by atoms with Crippen molar-refractivity contribution in [2.75, 3.05) is 0 Å². The predicted octanol–water partition coefficient (Wildman–Crippen LogP) is 9.23. The molecule has 4 nitrogen and oxygen atoms in total. The van der Waals surface area contributed by atoms with Gasteiger partial charge >= 0.3 is 5.97 Å². The van der Waals surface area contributed by atoms with Crippen molar-refractivity contribution in [1.29, 1.82) is 0 Å². The number of hydrogen-bond acceptors (Lipinski definition) is 4. The third kappa shape index (κ3) is 3.71. The normalized spacial score (nSPS) is 41.2. The number of esters is 1. The van der Waals surface area contributed by atoms with Crippen molar-refractivity contribution in [3.8, 4) is 0 Å². The molecular weight excluding hydrogens is 518 g/mol. The standard InChI is InChI=1S/C38H51NO3/c1-33(2)17-19-38(32(40)41-24-25-11-9-8-10-12-25)20-18-36(6)27(28(38)22-33)13-14-30-35(5)21-26-23-39-42-31(26)34(3,4)29(35)15-16-37(30,36)7/h8-13,23,28-30H,14-22,24H2,1-7H3/t28-,29-,30+,35-,36+,37+,38-/m0/s1. The van der Waals surface area contributed by atoms with Crippen molar-refractivity contribution >= 4 is 5.97 Å². The lowest BCUT2D eigenvalue weighted by Gasteiger charge is -2.70. The van der Waals surface area contributed by atoms with Crippen LogP contribution in [0.25, 0.3) is 0 Å². The second kappa shape index (κ2) is 9.08. The maximum Gasteiger partial charge on any atom is 0.313 e. The topological polar surface area (TPSA) is 52.3 Å². The van der Waals surface area contributed by atoms with Crippen LogP contribution in [0.4, 0.5) is 0 Å². The maximum absolute atomic E-state index is 14.2. The number of hydrogen-bond donors (Lipinski definition) is 0. The molecule has 7 rings (SSSR count). The Labute approximate surface area is 253 Å². The average molecular weight is 570 g/mol. The van der Waals surface area contributed by atoms with Gasteiger partial charge in [0.1, 0.15) is 12.4 Å². The van der Waals surface area contributed by atoms with E-state index < -0.39 is 5.41 Å². The highest BCUT2D eigenvalue weighted by atomic mass is 16.5. The Hall–Kier alpha value is -2.36. The van der Waals surface area contributed by atoms with Crippen LogP contribution in [-0.2, 0) is 28.0 Å². The van der Waals surface area contributed by atoms with E-state index in [0.717, 1.165) is 56.3 Å². The van der Waals surface area contributed by atoms with Gasteiger partial charge < -0.3 is 9.26 Å². The van der Waals surface area contributed by atoms with Crippen LogP contribution in [0.2, 0.25) is 0 Å². The molecule has 0 saturated heterocycles. The summed E-state index contributed by atoms with van der Waals surface area (Å²) >= 11 is 0. The van der Waals surface area contributed by atoms with Crippen molar-refractivity contribution in [2.24, 2.45) is 44.8 Å². The molecule has 42 heavy (non-hydrogen) atoms. The zero-order chi connectivity index (χ0) is 29.8. The first-order chi connectivity index (χ1) is 19.8. The van der Waals surface area contributed by atoms with Crippen molar-refractivity contribution in [3.05, 3.63) is 65.1 Å². The highest BCUT2D eigenvalue weighted by Gasteiger charge is 2.69. The fourth-order valence-electron chi connectivity index (χ4n) is 11.8. The van der Waals surface area contributed by atoms with Gasteiger partial charge in [0.2, 0.25) is 0 Å². The van der Waals surface area contributed by atoms with E-state index >= 15 is 0 Å². The monoisotopic (exact) mass is 569 g/mol. The lowest BCUT2D eigenvalue weighted by atomic mass is 9.33. The summed E-state index contributed by atoms with van der Waals surface area (Å²) in [6, 6.07) is 10.2. The number of nitrogens with zero attached hydrogens (tertiary/aromatic N) is 1. The van der Waals surface area contributed by atoms with Gasteiger partial charge in [-0.25, -0.2) is 0 Å². The number of fused-ring (bicyclic) bond motifs is 8. The van der Waals surface area contributed by atoms with E-state index in [1.807, 2.05) is 24.4 Å². The van der Waals surface area contributed by atoms with Gasteiger partial charge in [0.15, 0.2) is 0 Å². The van der Waals surface area contributed by atoms with Gasteiger partial charge in [-0.2, -0.15) is 0 Å². The Balaban J connectivity index is 1.26. The fraction of sp³-hybridized carbons (Fsp3) is 0.684. The van der Waals surface area contributed by atoms with Crippen LogP contribution in [0.15, 0.2) is 52.7 Å². The van der Waals surface area contributed by atoms with Gasteiger partial charge in [0.25, 0.3) is 0 Å². The molecule has 1 aromatic carbocycles. The first kappa shape index (κ1) is 28.4. The van der Waals surface area contributed by atoms with E-state index in [1.165, 1.54) is 18.4 Å². The summed E-state index contributed by atoms with van der Waals surface area (Å²) < 4.78 is 12.1. The highest BCUT2D eigenvalue weighted by Crippen LogP contribution is 2.75. The second-order valence-corrected chi connectivity index (χ2v) is 17.0. The largest absolute Gasteiger partial charge is 0.460 e. The molecule has 0 N–H and O–H groups in total. The molecule has 0 spiro atoms. The molecule has 3 fully saturated rings. The van der Waals surface area contributed by atoms with Gasteiger partial charge in [0, 0.05) is 11.0 Å². The van der Waals surface area contributed by atoms with Gasteiger partial charge in [0.05, 0.1) is 11.6 Å². The molecule has 5 aliphatic rings. The lowest BCUT2D eigenvalue weighted by molar-refractivity contribution is -0.182.